The van der Waals surface area contributed by atoms with Crippen LogP contribution in [0.25, 0.3) is 0 Å². The zero-order valence-corrected chi connectivity index (χ0v) is 19.7. The molecule has 7 nitrogen and oxygen atoms in total. The molecule has 0 fully saturated rings. The van der Waals surface area contributed by atoms with Crippen molar-refractivity contribution in [3.8, 4) is 0 Å². The van der Waals surface area contributed by atoms with Crippen LogP contribution in [0.3, 0.4) is 0 Å². The van der Waals surface area contributed by atoms with E-state index in [2.05, 4.69) is 84.6 Å². The minimum Gasteiger partial charge on any atom is -0.356 e. The maximum atomic E-state index is 4.78. The van der Waals surface area contributed by atoms with Crippen LogP contribution in [0.1, 0.15) is 64.3 Å². The standard InChI is InChI=1S/C23H39N7/c1-17(2)30(18(3)4)15-11-14-24-23(25-16-22-28-27-20(6)29(22)7)26-19(5)21-12-9-8-10-13-21/h8-10,12-13,17-19H,11,14-16H2,1-7H3,(H2,24,25,26). The highest BCUT2D eigenvalue weighted by Gasteiger charge is 2.13. The molecule has 30 heavy (non-hydrogen) atoms. The van der Waals surface area contributed by atoms with E-state index in [0.29, 0.717) is 18.6 Å². The van der Waals surface area contributed by atoms with Crippen LogP contribution >= 0.6 is 0 Å². The van der Waals surface area contributed by atoms with Crippen molar-refractivity contribution in [1.82, 2.24) is 30.3 Å². The first-order valence-corrected chi connectivity index (χ1v) is 11.0. The zero-order chi connectivity index (χ0) is 22.1. The summed E-state index contributed by atoms with van der Waals surface area (Å²) >= 11 is 0. The maximum Gasteiger partial charge on any atom is 0.192 e. The van der Waals surface area contributed by atoms with Gasteiger partial charge in [0.15, 0.2) is 11.8 Å². The number of nitrogens with zero attached hydrogens (tertiary/aromatic N) is 5. The first-order chi connectivity index (χ1) is 14.3. The van der Waals surface area contributed by atoms with Crippen molar-refractivity contribution in [2.24, 2.45) is 12.0 Å². The highest BCUT2D eigenvalue weighted by molar-refractivity contribution is 5.80. The number of aliphatic imine (C=N–C) groups is 1. The van der Waals surface area contributed by atoms with Crippen LogP contribution in [0.4, 0.5) is 0 Å². The summed E-state index contributed by atoms with van der Waals surface area (Å²) in [6, 6.07) is 11.7. The van der Waals surface area contributed by atoms with Crippen molar-refractivity contribution in [3.63, 3.8) is 0 Å². The van der Waals surface area contributed by atoms with Gasteiger partial charge < -0.3 is 15.2 Å². The number of hydrogen-bond donors (Lipinski definition) is 2. The second-order valence-corrected chi connectivity index (χ2v) is 8.37. The number of rotatable bonds is 10. The summed E-state index contributed by atoms with van der Waals surface area (Å²) in [5, 5.41) is 15.4. The van der Waals surface area contributed by atoms with E-state index in [4.69, 9.17) is 4.99 Å². The molecule has 1 unspecified atom stereocenters. The van der Waals surface area contributed by atoms with Crippen LogP contribution in [0.5, 0.6) is 0 Å². The summed E-state index contributed by atoms with van der Waals surface area (Å²) in [6.45, 7) is 15.5. The highest BCUT2D eigenvalue weighted by Crippen LogP contribution is 2.11. The molecule has 1 aromatic heterocycles. The van der Waals surface area contributed by atoms with Gasteiger partial charge >= 0.3 is 0 Å². The highest BCUT2D eigenvalue weighted by atomic mass is 15.3. The molecule has 1 heterocycles. The Labute approximate surface area is 182 Å². The molecule has 0 saturated carbocycles. The molecule has 0 saturated heterocycles. The second-order valence-electron chi connectivity index (χ2n) is 8.37. The van der Waals surface area contributed by atoms with Crippen molar-refractivity contribution in [1.29, 1.82) is 0 Å². The lowest BCUT2D eigenvalue weighted by atomic mass is 10.1. The fraction of sp³-hybridized carbons (Fsp3) is 0.609. The average molecular weight is 414 g/mol. The zero-order valence-electron chi connectivity index (χ0n) is 19.7. The van der Waals surface area contributed by atoms with E-state index in [1.54, 1.807) is 0 Å². The van der Waals surface area contributed by atoms with Gasteiger partial charge in [-0.2, -0.15) is 0 Å². The van der Waals surface area contributed by atoms with Gasteiger partial charge in [-0.05, 0) is 53.5 Å². The van der Waals surface area contributed by atoms with Gasteiger partial charge in [-0.1, -0.05) is 30.3 Å². The van der Waals surface area contributed by atoms with E-state index in [9.17, 15) is 0 Å². The van der Waals surface area contributed by atoms with Crippen molar-refractivity contribution in [3.05, 3.63) is 47.5 Å². The summed E-state index contributed by atoms with van der Waals surface area (Å²) in [6.07, 6.45) is 1.06. The summed E-state index contributed by atoms with van der Waals surface area (Å²) in [4.78, 5) is 7.29. The fourth-order valence-electron chi connectivity index (χ4n) is 3.50. The molecule has 166 valence electrons. The Kier molecular flexibility index (Phi) is 9.30. The number of hydrogen-bond acceptors (Lipinski definition) is 4. The maximum absolute atomic E-state index is 4.78. The fourth-order valence-corrected chi connectivity index (χ4v) is 3.50. The largest absolute Gasteiger partial charge is 0.356 e. The minimum atomic E-state index is 0.154. The molecule has 0 radical (unpaired) electrons. The van der Waals surface area contributed by atoms with E-state index in [-0.39, 0.29) is 6.04 Å². The molecule has 2 N–H and O–H groups in total. The monoisotopic (exact) mass is 413 g/mol. The van der Waals surface area contributed by atoms with Gasteiger partial charge in [0.2, 0.25) is 0 Å². The summed E-state index contributed by atoms with van der Waals surface area (Å²) < 4.78 is 1.98. The molecule has 0 aliphatic heterocycles. The first kappa shape index (κ1) is 23.9. The lowest BCUT2D eigenvalue weighted by Crippen LogP contribution is -2.42. The Morgan fingerprint density at radius 1 is 1.07 bits per heavy atom. The topological polar surface area (TPSA) is 70.4 Å². The van der Waals surface area contributed by atoms with Gasteiger partial charge in [0.1, 0.15) is 12.4 Å². The normalized spacial score (nSPS) is 13.3. The van der Waals surface area contributed by atoms with Gasteiger partial charge in [0.05, 0.1) is 6.04 Å². The van der Waals surface area contributed by atoms with Crippen molar-refractivity contribution in [2.75, 3.05) is 13.1 Å². The van der Waals surface area contributed by atoms with E-state index < -0.39 is 0 Å². The van der Waals surface area contributed by atoms with E-state index in [1.807, 2.05) is 24.6 Å². The third kappa shape index (κ3) is 7.13. The second kappa shape index (κ2) is 11.7. The molecular formula is C23H39N7. The Bertz CT molecular complexity index is 772. The van der Waals surface area contributed by atoms with Crippen LogP contribution in [-0.2, 0) is 13.6 Å². The van der Waals surface area contributed by atoms with Crippen LogP contribution < -0.4 is 10.6 Å². The van der Waals surface area contributed by atoms with Crippen LogP contribution in [0.2, 0.25) is 0 Å². The van der Waals surface area contributed by atoms with Gasteiger partial charge in [0.25, 0.3) is 0 Å². The Morgan fingerprint density at radius 3 is 2.30 bits per heavy atom. The third-order valence-electron chi connectivity index (χ3n) is 5.43. The van der Waals surface area contributed by atoms with E-state index >= 15 is 0 Å². The Balaban J connectivity index is 2.01. The third-order valence-corrected chi connectivity index (χ3v) is 5.43. The van der Waals surface area contributed by atoms with E-state index in [1.165, 1.54) is 5.56 Å². The van der Waals surface area contributed by atoms with Gasteiger partial charge in [-0.25, -0.2) is 4.99 Å². The average Bonchev–Trinajstić information content (AvgIpc) is 3.03. The molecule has 2 aromatic rings. The molecule has 0 bridgehead atoms. The quantitative estimate of drug-likeness (QED) is 0.355. The first-order valence-electron chi connectivity index (χ1n) is 11.0. The molecule has 7 heteroatoms. The number of aromatic nitrogens is 3. The Hall–Kier alpha value is -2.41. The summed E-state index contributed by atoms with van der Waals surface area (Å²) in [7, 11) is 1.97. The number of benzene rings is 1. The number of aryl methyl sites for hydroxylation is 1. The SMILES string of the molecule is Cc1nnc(CN=C(NCCCN(C(C)C)C(C)C)NC(C)c2ccccc2)n1C. The molecular weight excluding hydrogens is 374 g/mol. The van der Waals surface area contributed by atoms with E-state index in [0.717, 1.165) is 37.1 Å². The molecule has 0 aliphatic carbocycles. The summed E-state index contributed by atoms with van der Waals surface area (Å²) in [5.41, 5.74) is 1.23. The van der Waals surface area contributed by atoms with Gasteiger partial charge in [-0.15, -0.1) is 10.2 Å². The van der Waals surface area contributed by atoms with Gasteiger partial charge in [-0.3, -0.25) is 4.90 Å². The predicted molar refractivity (Wildman–Crippen MR) is 124 cm³/mol. The lowest BCUT2D eigenvalue weighted by Gasteiger charge is -2.30. The molecule has 0 spiro atoms. The Morgan fingerprint density at radius 2 is 1.73 bits per heavy atom. The molecule has 2 rings (SSSR count). The van der Waals surface area contributed by atoms with Crippen molar-refractivity contribution >= 4 is 5.96 Å². The minimum absolute atomic E-state index is 0.154. The van der Waals surface area contributed by atoms with Crippen molar-refractivity contribution in [2.45, 2.75) is 72.6 Å². The molecule has 0 aliphatic rings. The van der Waals surface area contributed by atoms with Crippen molar-refractivity contribution < 1.29 is 0 Å². The van der Waals surface area contributed by atoms with Crippen LogP contribution in [-0.4, -0.2) is 50.8 Å². The predicted octanol–water partition coefficient (Wildman–Crippen LogP) is 3.43. The number of nitrogens with one attached hydrogen (secondary N) is 2. The van der Waals surface area contributed by atoms with Gasteiger partial charge in [0, 0.05) is 32.2 Å². The van der Waals surface area contributed by atoms with Crippen LogP contribution in [0.15, 0.2) is 35.3 Å². The smallest absolute Gasteiger partial charge is 0.192 e. The molecule has 1 aromatic carbocycles. The molecule has 0 amide bonds. The number of guanidine groups is 1. The molecule has 1 atom stereocenters. The summed E-state index contributed by atoms with van der Waals surface area (Å²) in [5.74, 6) is 2.54. The van der Waals surface area contributed by atoms with Crippen LogP contribution in [0, 0.1) is 6.92 Å². The lowest BCUT2D eigenvalue weighted by molar-refractivity contribution is 0.173.